The minimum atomic E-state index is -2.75. The summed E-state index contributed by atoms with van der Waals surface area (Å²) >= 11 is 0. The number of fused-ring (bicyclic) bond motifs is 3. The zero-order chi connectivity index (χ0) is 30.0. The molecule has 2 saturated carbocycles. The predicted octanol–water partition coefficient (Wildman–Crippen LogP) is 1.68. The first-order valence-electron chi connectivity index (χ1n) is 13.7. The van der Waals surface area contributed by atoms with Gasteiger partial charge in [0.1, 0.15) is 5.75 Å². The van der Waals surface area contributed by atoms with Crippen LogP contribution in [0, 0.1) is 29.6 Å². The number of aromatic hydroxyl groups is 1. The van der Waals surface area contributed by atoms with Gasteiger partial charge in [0, 0.05) is 5.92 Å². The van der Waals surface area contributed by atoms with Crippen LogP contribution in [-0.4, -0.2) is 76.6 Å². The van der Waals surface area contributed by atoms with Gasteiger partial charge in [-0.15, -0.1) is 0 Å². The normalized spacial score (nSPS) is 30.0. The molecular weight excluding hydrogens is 531 g/mol. The molecule has 2 aromatic carbocycles. The molecule has 7 atom stereocenters. The number of rotatable bonds is 6. The summed E-state index contributed by atoms with van der Waals surface area (Å²) in [5, 5.41) is 22.4. The van der Waals surface area contributed by atoms with Crippen molar-refractivity contribution in [3.8, 4) is 16.9 Å². The van der Waals surface area contributed by atoms with Crippen molar-refractivity contribution in [1.82, 2.24) is 4.90 Å². The third-order valence-electron chi connectivity index (χ3n) is 9.06. The Bertz CT molecular complexity index is 1470. The SMILES string of the molecule is CC(CF)Cc1ccc(-c2ccc(O)c3c2C[C@@H]2C[C@@H]4C(N(C)C)C(=O)C(C(N)=O)C(=O)[C@]4(O)C(=O)C2C3=O)cc1. The van der Waals surface area contributed by atoms with Crippen molar-refractivity contribution in [3.63, 3.8) is 0 Å². The Morgan fingerprint density at radius 2 is 1.76 bits per heavy atom. The third-order valence-corrected chi connectivity index (χ3v) is 9.06. The van der Waals surface area contributed by atoms with Gasteiger partial charge in [0.25, 0.3) is 0 Å². The number of hydrogen-bond acceptors (Lipinski definition) is 8. The Labute approximate surface area is 236 Å². The van der Waals surface area contributed by atoms with Gasteiger partial charge in [0.15, 0.2) is 34.7 Å². The number of nitrogens with two attached hydrogens (primary N) is 1. The summed E-state index contributed by atoms with van der Waals surface area (Å²) in [6.45, 7) is 1.39. The molecule has 216 valence electrons. The van der Waals surface area contributed by atoms with Crippen LogP contribution in [0.1, 0.15) is 34.8 Å². The number of amides is 1. The molecular formula is C31H33FN2O7. The molecule has 9 nitrogen and oxygen atoms in total. The number of hydrogen-bond donors (Lipinski definition) is 3. The maximum Gasteiger partial charge on any atom is 0.235 e. The number of ketones is 4. The molecule has 0 aliphatic heterocycles. The lowest BCUT2D eigenvalue weighted by atomic mass is 9.52. The van der Waals surface area contributed by atoms with Crippen LogP contribution in [0.15, 0.2) is 36.4 Å². The minimum Gasteiger partial charge on any atom is -0.507 e. The molecule has 2 aromatic rings. The largest absolute Gasteiger partial charge is 0.507 e. The number of Topliss-reactive ketones (excluding diaryl/α,β-unsaturated/α-hetero) is 4. The summed E-state index contributed by atoms with van der Waals surface area (Å²) in [5.74, 6) is -10.9. The maximum atomic E-state index is 13.9. The van der Waals surface area contributed by atoms with Gasteiger partial charge in [0.2, 0.25) is 5.91 Å². The van der Waals surface area contributed by atoms with Crippen LogP contribution in [0.5, 0.6) is 5.75 Å². The van der Waals surface area contributed by atoms with Crippen LogP contribution < -0.4 is 5.73 Å². The first-order valence-corrected chi connectivity index (χ1v) is 13.7. The van der Waals surface area contributed by atoms with Gasteiger partial charge in [-0.05, 0) is 73.5 Å². The predicted molar refractivity (Wildman–Crippen MR) is 146 cm³/mol. The van der Waals surface area contributed by atoms with E-state index < -0.39 is 71.0 Å². The van der Waals surface area contributed by atoms with Crippen LogP contribution in [0.3, 0.4) is 0 Å². The zero-order valence-corrected chi connectivity index (χ0v) is 23.1. The fourth-order valence-electron chi connectivity index (χ4n) is 7.15. The molecule has 0 aromatic heterocycles. The third kappa shape index (κ3) is 4.31. The summed E-state index contributed by atoms with van der Waals surface area (Å²) in [7, 11) is 3.09. The topological polar surface area (TPSA) is 155 Å². The molecule has 5 rings (SSSR count). The molecule has 0 spiro atoms. The Morgan fingerprint density at radius 3 is 2.34 bits per heavy atom. The second-order valence-corrected chi connectivity index (χ2v) is 11.9. The van der Waals surface area contributed by atoms with E-state index in [9.17, 15) is 38.6 Å². The minimum absolute atomic E-state index is 0.0148. The van der Waals surface area contributed by atoms with Crippen LogP contribution >= 0.6 is 0 Å². The quantitative estimate of drug-likeness (QED) is 0.448. The number of carbonyl (C=O) groups is 5. The van der Waals surface area contributed by atoms with Crippen molar-refractivity contribution in [2.24, 2.45) is 35.3 Å². The van der Waals surface area contributed by atoms with E-state index in [0.717, 1.165) is 11.1 Å². The summed E-state index contributed by atoms with van der Waals surface area (Å²) in [4.78, 5) is 68.0. The summed E-state index contributed by atoms with van der Waals surface area (Å²) < 4.78 is 13.0. The molecule has 3 aliphatic carbocycles. The summed E-state index contributed by atoms with van der Waals surface area (Å²) in [5.41, 5.74) is 5.48. The first kappa shape index (κ1) is 28.8. The van der Waals surface area contributed by atoms with Crippen molar-refractivity contribution < 1.29 is 38.6 Å². The standard InChI is InChI=1S/C31H33FN2O7/c1-14(13-32)10-15-4-6-16(7-5-15)18-8-9-21(35)23-19(18)11-17-12-20-25(34(2)3)27(37)24(30(33)40)29(39)31(20,41)28(38)22(17)26(23)36/h4-9,14,17,20,22,24-25,35,41H,10-13H2,1-3H3,(H2,33,40)/t14?,17-,20-,22?,24?,25?,31-/m1/s1. The summed E-state index contributed by atoms with van der Waals surface area (Å²) in [6.07, 6.45) is 0.732. The van der Waals surface area contributed by atoms with E-state index in [-0.39, 0.29) is 30.1 Å². The number of alkyl halides is 1. The molecule has 2 fully saturated rings. The fourth-order valence-corrected chi connectivity index (χ4v) is 7.15. The second kappa shape index (κ2) is 10.3. The monoisotopic (exact) mass is 564 g/mol. The number of carbonyl (C=O) groups excluding carboxylic acids is 5. The molecule has 4 N–H and O–H groups in total. The molecule has 0 radical (unpaired) electrons. The number of benzene rings is 2. The number of primary amides is 1. The van der Waals surface area contributed by atoms with E-state index in [1.807, 2.05) is 31.2 Å². The highest BCUT2D eigenvalue weighted by Gasteiger charge is 2.69. The van der Waals surface area contributed by atoms with Crippen LogP contribution in [0.25, 0.3) is 11.1 Å². The maximum absolute atomic E-state index is 13.9. The lowest BCUT2D eigenvalue weighted by molar-refractivity contribution is -0.181. The molecule has 10 heteroatoms. The number of aliphatic hydroxyl groups is 1. The molecule has 0 saturated heterocycles. The molecule has 0 bridgehead atoms. The van der Waals surface area contributed by atoms with Crippen molar-refractivity contribution >= 4 is 29.0 Å². The number of phenolic OH excluding ortho intramolecular Hbond substituents is 1. The van der Waals surface area contributed by atoms with Crippen molar-refractivity contribution in [1.29, 1.82) is 0 Å². The smallest absolute Gasteiger partial charge is 0.235 e. The van der Waals surface area contributed by atoms with Gasteiger partial charge in [-0.1, -0.05) is 37.3 Å². The molecule has 4 unspecified atom stereocenters. The van der Waals surface area contributed by atoms with Gasteiger partial charge in [0.05, 0.1) is 24.2 Å². The average molecular weight is 565 g/mol. The van der Waals surface area contributed by atoms with E-state index in [1.54, 1.807) is 20.2 Å². The lowest BCUT2D eigenvalue weighted by Crippen LogP contribution is -2.74. The number of likely N-dealkylation sites (N-methyl/N-ethyl adjacent to an activating group) is 1. The number of halogens is 1. The van der Waals surface area contributed by atoms with E-state index in [4.69, 9.17) is 5.73 Å². The summed E-state index contributed by atoms with van der Waals surface area (Å²) in [6, 6.07) is 9.39. The Balaban J connectivity index is 1.58. The highest BCUT2D eigenvalue weighted by Crippen LogP contribution is 2.51. The fraction of sp³-hybridized carbons (Fsp3) is 0.452. The lowest BCUT2D eigenvalue weighted by Gasteiger charge is -2.52. The molecule has 3 aliphatic rings. The highest BCUT2D eigenvalue weighted by atomic mass is 19.1. The van der Waals surface area contributed by atoms with Gasteiger partial charge in [-0.2, -0.15) is 0 Å². The molecule has 0 heterocycles. The number of phenols is 1. The van der Waals surface area contributed by atoms with Gasteiger partial charge in [-0.25, -0.2) is 0 Å². The van der Waals surface area contributed by atoms with Gasteiger partial charge < -0.3 is 15.9 Å². The Morgan fingerprint density at radius 1 is 1.10 bits per heavy atom. The molecule has 41 heavy (non-hydrogen) atoms. The van der Waals surface area contributed by atoms with E-state index in [0.29, 0.717) is 17.5 Å². The van der Waals surface area contributed by atoms with Gasteiger partial charge in [-0.3, -0.25) is 33.3 Å². The van der Waals surface area contributed by atoms with Crippen LogP contribution in [0.2, 0.25) is 0 Å². The average Bonchev–Trinajstić information content (AvgIpc) is 2.91. The van der Waals surface area contributed by atoms with Crippen molar-refractivity contribution in [2.75, 3.05) is 20.8 Å². The number of nitrogens with zero attached hydrogens (tertiary/aromatic N) is 1. The highest BCUT2D eigenvalue weighted by molar-refractivity contribution is 6.32. The zero-order valence-electron chi connectivity index (χ0n) is 23.1. The van der Waals surface area contributed by atoms with Gasteiger partial charge >= 0.3 is 0 Å². The Kier molecular flexibility index (Phi) is 7.19. The Hall–Kier alpha value is -3.76. The van der Waals surface area contributed by atoms with E-state index >= 15 is 0 Å². The van der Waals surface area contributed by atoms with Crippen LogP contribution in [-0.2, 0) is 32.0 Å². The second-order valence-electron chi connectivity index (χ2n) is 11.9. The van der Waals surface area contributed by atoms with E-state index in [2.05, 4.69) is 0 Å². The van der Waals surface area contributed by atoms with E-state index in [1.165, 1.54) is 11.0 Å². The van der Waals surface area contributed by atoms with Crippen molar-refractivity contribution in [3.05, 3.63) is 53.1 Å². The molecule has 1 amide bonds. The van der Waals surface area contributed by atoms with Crippen LogP contribution in [0.4, 0.5) is 4.39 Å². The van der Waals surface area contributed by atoms with Crippen molar-refractivity contribution in [2.45, 2.75) is 37.8 Å². The first-order chi connectivity index (χ1) is 19.3.